The van der Waals surface area contributed by atoms with Crippen LogP contribution in [0.2, 0.25) is 0 Å². The predicted molar refractivity (Wildman–Crippen MR) is 79.2 cm³/mol. The molecule has 0 aliphatic rings. The fourth-order valence-electron chi connectivity index (χ4n) is 2.14. The number of aryl methyl sites for hydroxylation is 1. The van der Waals surface area contributed by atoms with E-state index >= 15 is 0 Å². The van der Waals surface area contributed by atoms with Gasteiger partial charge in [0.15, 0.2) is 5.82 Å². The van der Waals surface area contributed by atoms with Gasteiger partial charge in [0.05, 0.1) is 18.2 Å². The summed E-state index contributed by atoms with van der Waals surface area (Å²) in [6.07, 6.45) is 1.76. The van der Waals surface area contributed by atoms with E-state index in [1.807, 2.05) is 17.9 Å². The van der Waals surface area contributed by atoms with E-state index in [0.29, 0.717) is 35.9 Å². The number of aromatic nitrogens is 2. The molecule has 0 saturated carbocycles. The number of nitriles is 1. The first-order valence-corrected chi connectivity index (χ1v) is 7.38. The maximum absolute atomic E-state index is 13.9. The third kappa shape index (κ3) is 4.12. The molecule has 22 heavy (non-hydrogen) atoms. The number of hydrogen-bond donors (Lipinski definition) is 0. The van der Waals surface area contributed by atoms with Crippen LogP contribution in [0.5, 0.6) is 0 Å². The van der Waals surface area contributed by atoms with E-state index in [2.05, 4.69) is 17.1 Å². The molecule has 5 nitrogen and oxygen atoms in total. The molecule has 1 aromatic heterocycles. The van der Waals surface area contributed by atoms with Gasteiger partial charge in [0.2, 0.25) is 5.89 Å². The highest BCUT2D eigenvalue weighted by atomic mass is 19.1. The van der Waals surface area contributed by atoms with Crippen LogP contribution in [0.15, 0.2) is 22.7 Å². The first-order chi connectivity index (χ1) is 10.7. The lowest BCUT2D eigenvalue weighted by atomic mass is 10.1. The Morgan fingerprint density at radius 2 is 2.14 bits per heavy atom. The fourth-order valence-corrected chi connectivity index (χ4v) is 2.14. The average molecular weight is 302 g/mol. The molecule has 116 valence electrons. The van der Waals surface area contributed by atoms with Crippen molar-refractivity contribution in [2.24, 2.45) is 0 Å². The van der Waals surface area contributed by atoms with Gasteiger partial charge < -0.3 is 4.52 Å². The maximum Gasteiger partial charge on any atom is 0.240 e. The van der Waals surface area contributed by atoms with Crippen molar-refractivity contribution in [3.05, 3.63) is 46.9 Å². The molecule has 0 aliphatic carbocycles. The number of halogens is 1. The molecule has 2 aromatic rings. The van der Waals surface area contributed by atoms with Crippen LogP contribution in [0, 0.1) is 17.1 Å². The minimum absolute atomic E-state index is 0.324. The lowest BCUT2D eigenvalue weighted by Crippen LogP contribution is -2.23. The summed E-state index contributed by atoms with van der Waals surface area (Å²) in [7, 11) is 0. The van der Waals surface area contributed by atoms with Crippen molar-refractivity contribution < 1.29 is 8.91 Å². The zero-order valence-corrected chi connectivity index (χ0v) is 12.8. The monoisotopic (exact) mass is 302 g/mol. The van der Waals surface area contributed by atoms with Crippen molar-refractivity contribution in [3.8, 4) is 6.07 Å². The summed E-state index contributed by atoms with van der Waals surface area (Å²) in [6.45, 7) is 5.68. The summed E-state index contributed by atoms with van der Waals surface area (Å²) in [5.74, 6) is 0.882. The van der Waals surface area contributed by atoms with E-state index < -0.39 is 0 Å². The van der Waals surface area contributed by atoms with Crippen molar-refractivity contribution in [2.45, 2.75) is 39.8 Å². The van der Waals surface area contributed by atoms with Crippen LogP contribution >= 0.6 is 0 Å². The van der Waals surface area contributed by atoms with Crippen molar-refractivity contribution in [2.75, 3.05) is 6.54 Å². The van der Waals surface area contributed by atoms with Gasteiger partial charge in [0.25, 0.3) is 0 Å². The van der Waals surface area contributed by atoms with Gasteiger partial charge in [0.1, 0.15) is 5.82 Å². The van der Waals surface area contributed by atoms with Crippen LogP contribution < -0.4 is 0 Å². The molecule has 0 N–H and O–H groups in total. The van der Waals surface area contributed by atoms with Gasteiger partial charge in [0, 0.05) is 18.5 Å². The van der Waals surface area contributed by atoms with Crippen molar-refractivity contribution in [1.82, 2.24) is 15.0 Å². The highest BCUT2D eigenvalue weighted by Gasteiger charge is 2.13. The van der Waals surface area contributed by atoms with Crippen LogP contribution in [0.25, 0.3) is 0 Å². The topological polar surface area (TPSA) is 66.0 Å². The molecule has 0 saturated heterocycles. The molecule has 0 spiro atoms. The number of rotatable bonds is 7. The van der Waals surface area contributed by atoms with Crippen molar-refractivity contribution in [3.63, 3.8) is 0 Å². The minimum Gasteiger partial charge on any atom is -0.338 e. The second-order valence-corrected chi connectivity index (χ2v) is 5.08. The van der Waals surface area contributed by atoms with Gasteiger partial charge in [-0.15, -0.1) is 0 Å². The largest absolute Gasteiger partial charge is 0.338 e. The van der Waals surface area contributed by atoms with Gasteiger partial charge >= 0.3 is 0 Å². The molecular weight excluding hydrogens is 283 g/mol. The fraction of sp³-hybridized carbons (Fsp3) is 0.438. The molecule has 0 aliphatic heterocycles. The van der Waals surface area contributed by atoms with Crippen LogP contribution in [0.4, 0.5) is 4.39 Å². The van der Waals surface area contributed by atoms with Gasteiger partial charge in [-0.3, -0.25) is 4.90 Å². The molecule has 0 fully saturated rings. The quantitative estimate of drug-likeness (QED) is 0.786. The summed E-state index contributed by atoms with van der Waals surface area (Å²) in [4.78, 5) is 6.33. The van der Waals surface area contributed by atoms with Crippen molar-refractivity contribution >= 4 is 0 Å². The minimum atomic E-state index is -0.366. The zero-order chi connectivity index (χ0) is 15.9. The summed E-state index contributed by atoms with van der Waals surface area (Å²) in [5.41, 5.74) is 0.875. The van der Waals surface area contributed by atoms with Crippen molar-refractivity contribution in [1.29, 1.82) is 5.26 Å². The highest BCUT2D eigenvalue weighted by molar-refractivity contribution is 5.32. The van der Waals surface area contributed by atoms with Crippen LogP contribution in [-0.4, -0.2) is 21.6 Å². The van der Waals surface area contributed by atoms with Crippen LogP contribution in [0.1, 0.15) is 43.1 Å². The highest BCUT2D eigenvalue weighted by Crippen LogP contribution is 2.14. The number of nitrogens with zero attached hydrogens (tertiary/aromatic N) is 4. The molecule has 0 bridgehead atoms. The Bertz CT molecular complexity index is 662. The third-order valence-corrected chi connectivity index (χ3v) is 3.37. The molecule has 0 radical (unpaired) electrons. The summed E-state index contributed by atoms with van der Waals surface area (Å²) < 4.78 is 19.2. The Morgan fingerprint density at radius 3 is 2.77 bits per heavy atom. The molecule has 1 aromatic carbocycles. The molecule has 1 heterocycles. The van der Waals surface area contributed by atoms with Gasteiger partial charge in [-0.1, -0.05) is 25.1 Å². The SMILES string of the molecule is CCCc1noc(CN(CC)Cc2ccc(C#N)cc2F)n1. The smallest absolute Gasteiger partial charge is 0.240 e. The normalized spacial score (nSPS) is 10.9. The van der Waals surface area contributed by atoms with E-state index in [1.54, 1.807) is 12.1 Å². The summed E-state index contributed by atoms with van der Waals surface area (Å²) in [6, 6.07) is 6.46. The average Bonchev–Trinajstić information content (AvgIpc) is 2.96. The maximum atomic E-state index is 13.9. The Balaban J connectivity index is 2.04. The zero-order valence-electron chi connectivity index (χ0n) is 12.8. The molecule has 0 atom stereocenters. The van der Waals surface area contributed by atoms with E-state index in [4.69, 9.17) is 9.78 Å². The van der Waals surface area contributed by atoms with E-state index in [1.165, 1.54) is 6.07 Å². The molecule has 0 amide bonds. The number of hydrogen-bond acceptors (Lipinski definition) is 5. The third-order valence-electron chi connectivity index (χ3n) is 3.37. The first-order valence-electron chi connectivity index (χ1n) is 7.38. The van der Waals surface area contributed by atoms with E-state index in [0.717, 1.165) is 19.4 Å². The lowest BCUT2D eigenvalue weighted by Gasteiger charge is -2.18. The van der Waals surface area contributed by atoms with Crippen LogP contribution in [0.3, 0.4) is 0 Å². The molecular formula is C16H19FN4O. The summed E-state index contributed by atoms with van der Waals surface area (Å²) >= 11 is 0. The van der Waals surface area contributed by atoms with Crippen LogP contribution in [-0.2, 0) is 19.5 Å². The van der Waals surface area contributed by atoms with E-state index in [-0.39, 0.29) is 5.82 Å². The second kappa shape index (κ2) is 7.66. The van der Waals surface area contributed by atoms with Gasteiger partial charge in [-0.25, -0.2) is 4.39 Å². The lowest BCUT2D eigenvalue weighted by molar-refractivity contribution is 0.226. The first kappa shape index (κ1) is 16.1. The predicted octanol–water partition coefficient (Wildman–Crippen LogP) is 3.05. The standard InChI is InChI=1S/C16H19FN4O/c1-3-5-15-19-16(22-20-15)11-21(4-2)10-13-7-6-12(9-18)8-14(13)17/h6-8H,3-5,10-11H2,1-2H3. The Labute approximate surface area is 129 Å². The van der Waals surface area contributed by atoms with E-state index in [9.17, 15) is 4.39 Å². The summed E-state index contributed by atoms with van der Waals surface area (Å²) in [5, 5.41) is 12.7. The Hall–Kier alpha value is -2.26. The van der Waals surface area contributed by atoms with Gasteiger partial charge in [-0.05, 0) is 25.1 Å². The van der Waals surface area contributed by atoms with Gasteiger partial charge in [-0.2, -0.15) is 10.2 Å². The Morgan fingerprint density at radius 1 is 1.32 bits per heavy atom. The Kier molecular flexibility index (Phi) is 5.61. The second-order valence-electron chi connectivity index (χ2n) is 5.08. The number of benzene rings is 1. The molecule has 0 unspecified atom stereocenters. The molecule has 6 heteroatoms. The molecule has 2 rings (SSSR count).